The first-order valence-corrected chi connectivity index (χ1v) is 19.0. The predicted octanol–water partition coefficient (Wildman–Crippen LogP) is 5.26. The molecule has 3 aromatic rings. The van der Waals surface area contributed by atoms with E-state index in [1.54, 1.807) is 12.0 Å². The van der Waals surface area contributed by atoms with E-state index in [1.165, 1.54) is 12.0 Å². The van der Waals surface area contributed by atoms with Crippen LogP contribution in [0.15, 0.2) is 78.9 Å². The third-order valence-electron chi connectivity index (χ3n) is 12.6. The molecule has 9 nitrogen and oxygen atoms in total. The number of likely N-dealkylation sites (N-methyl/N-ethyl adjacent to an activating group) is 2. The number of rotatable bonds is 13. The Morgan fingerprint density at radius 2 is 1.65 bits per heavy atom. The Morgan fingerprint density at radius 1 is 0.962 bits per heavy atom. The van der Waals surface area contributed by atoms with Crippen LogP contribution < -0.4 is 5.32 Å². The summed E-state index contributed by atoms with van der Waals surface area (Å²) in [4.78, 5) is 37.9. The molecule has 0 spiro atoms. The highest BCUT2D eigenvalue weighted by molar-refractivity contribution is 5.94. The van der Waals surface area contributed by atoms with Crippen molar-refractivity contribution >= 4 is 11.8 Å². The second-order valence-corrected chi connectivity index (χ2v) is 16.5. The number of fused-ring (bicyclic) bond motifs is 2. The van der Waals surface area contributed by atoms with E-state index < -0.39 is 24.2 Å². The number of carbonyl (C=O) groups is 2. The molecule has 280 valence electrons. The molecule has 0 unspecified atom stereocenters. The summed E-state index contributed by atoms with van der Waals surface area (Å²) in [6.07, 6.45) is 1.41. The minimum atomic E-state index is -0.850. The number of aliphatic hydroxyl groups is 2. The van der Waals surface area contributed by atoms with Gasteiger partial charge in [-0.3, -0.25) is 14.4 Å². The lowest BCUT2D eigenvalue weighted by Gasteiger charge is -2.62. The quantitative estimate of drug-likeness (QED) is 0.223. The summed E-state index contributed by atoms with van der Waals surface area (Å²) in [5.41, 5.74) is 5.01. The fourth-order valence-corrected chi connectivity index (χ4v) is 9.32. The van der Waals surface area contributed by atoms with Crippen molar-refractivity contribution in [2.75, 3.05) is 34.3 Å². The van der Waals surface area contributed by atoms with Crippen molar-refractivity contribution in [2.45, 2.75) is 83.8 Å². The van der Waals surface area contributed by atoms with Gasteiger partial charge in [-0.1, -0.05) is 81.4 Å². The minimum absolute atomic E-state index is 0.0163. The Kier molecular flexibility index (Phi) is 11.6. The maximum atomic E-state index is 14.1. The van der Waals surface area contributed by atoms with Crippen molar-refractivity contribution < 1.29 is 24.6 Å². The van der Waals surface area contributed by atoms with Crippen LogP contribution in [0.5, 0.6) is 0 Å². The summed E-state index contributed by atoms with van der Waals surface area (Å²) in [7, 11) is 5.94. The fraction of sp³-hybridized carbons (Fsp3) is 0.535. The van der Waals surface area contributed by atoms with Crippen molar-refractivity contribution in [3.05, 3.63) is 95.6 Å². The molecule has 1 aliphatic heterocycles. The summed E-state index contributed by atoms with van der Waals surface area (Å²) >= 11 is 0. The van der Waals surface area contributed by atoms with E-state index in [1.807, 2.05) is 86.7 Å². The summed E-state index contributed by atoms with van der Waals surface area (Å²) < 4.78 is 0. The van der Waals surface area contributed by atoms with Crippen LogP contribution in [0.3, 0.4) is 0 Å². The van der Waals surface area contributed by atoms with Gasteiger partial charge >= 0.3 is 0 Å². The Morgan fingerprint density at radius 3 is 2.27 bits per heavy atom. The average molecular weight is 711 g/mol. The zero-order valence-electron chi connectivity index (χ0n) is 31.9. The number of hydroxylamine groups is 2. The van der Waals surface area contributed by atoms with Crippen LogP contribution in [-0.2, 0) is 22.6 Å². The normalized spacial score (nSPS) is 27.8. The van der Waals surface area contributed by atoms with Gasteiger partial charge in [0.25, 0.3) is 5.91 Å². The highest BCUT2D eigenvalue weighted by Gasteiger charge is 2.57. The Bertz CT molecular complexity index is 1680. The van der Waals surface area contributed by atoms with Gasteiger partial charge in [0.05, 0.1) is 19.3 Å². The van der Waals surface area contributed by atoms with Crippen LogP contribution >= 0.6 is 0 Å². The lowest BCUT2D eigenvalue weighted by atomic mass is 9.45. The molecule has 1 heterocycles. The second kappa shape index (κ2) is 15.8. The first kappa shape index (κ1) is 38.1. The van der Waals surface area contributed by atoms with E-state index in [2.05, 4.69) is 49.2 Å². The van der Waals surface area contributed by atoms with Gasteiger partial charge < -0.3 is 25.3 Å². The molecule has 3 N–H and O–H groups in total. The van der Waals surface area contributed by atoms with Crippen LogP contribution in [0.2, 0.25) is 0 Å². The highest BCUT2D eigenvalue weighted by atomic mass is 16.7. The van der Waals surface area contributed by atoms with E-state index in [0.717, 1.165) is 36.1 Å². The summed E-state index contributed by atoms with van der Waals surface area (Å²) in [6, 6.07) is 25.4. The molecule has 7 rings (SSSR count). The molecular weight excluding hydrogens is 652 g/mol. The van der Waals surface area contributed by atoms with Crippen molar-refractivity contribution in [1.82, 2.24) is 20.2 Å². The summed E-state index contributed by atoms with van der Waals surface area (Å²) in [5, 5.41) is 26.1. The molecule has 4 aliphatic rings. The van der Waals surface area contributed by atoms with E-state index in [0.29, 0.717) is 35.3 Å². The standard InChI is InChI=1S/C43H58N4O5/c1-27-36-22-34(43(36,3)4)23-37(27)44-41(50)40-39(28(2)49)38(26-48)52-47(40)24-30-14-11-15-33(20-30)31-16-18-32(19-17-31)42(51)46(7)35(25-45(5)6)21-29-12-9-8-10-13-29/h8-20,27-28,34-40,48-49H,21-26H2,1-7H3,(H,44,50)/t27-,28-,34+,35-,36+,37-,38-,39+,40-/m0/s1. The largest absolute Gasteiger partial charge is 0.394 e. The average Bonchev–Trinajstić information content (AvgIpc) is 3.50. The van der Waals surface area contributed by atoms with Gasteiger partial charge in [-0.25, -0.2) is 0 Å². The zero-order valence-corrected chi connectivity index (χ0v) is 31.9. The van der Waals surface area contributed by atoms with Crippen molar-refractivity contribution in [1.29, 1.82) is 0 Å². The molecule has 0 radical (unpaired) electrons. The summed E-state index contributed by atoms with van der Waals surface area (Å²) in [5.74, 6) is 0.796. The molecule has 3 aromatic carbocycles. The molecule has 4 fully saturated rings. The molecule has 2 bridgehead atoms. The third-order valence-corrected chi connectivity index (χ3v) is 12.6. The Balaban J connectivity index is 1.16. The lowest BCUT2D eigenvalue weighted by Crippen LogP contribution is -2.62. The maximum absolute atomic E-state index is 14.1. The number of benzene rings is 3. The van der Waals surface area contributed by atoms with E-state index in [-0.39, 0.29) is 30.5 Å². The molecule has 0 aromatic heterocycles. The van der Waals surface area contributed by atoms with Crippen molar-refractivity contribution in [3.8, 4) is 11.1 Å². The molecule has 52 heavy (non-hydrogen) atoms. The minimum Gasteiger partial charge on any atom is -0.394 e. The zero-order chi connectivity index (χ0) is 37.3. The molecule has 9 atom stereocenters. The molecule has 2 amide bonds. The van der Waals surface area contributed by atoms with Crippen LogP contribution in [0.1, 0.15) is 62.0 Å². The monoisotopic (exact) mass is 710 g/mol. The fourth-order valence-electron chi connectivity index (χ4n) is 9.32. The highest BCUT2D eigenvalue weighted by Crippen LogP contribution is 2.61. The second-order valence-electron chi connectivity index (χ2n) is 16.5. The lowest BCUT2D eigenvalue weighted by molar-refractivity contribution is -0.183. The number of nitrogens with zero attached hydrogens (tertiary/aromatic N) is 3. The Hall–Kier alpha value is -3.60. The number of aliphatic hydroxyl groups excluding tert-OH is 2. The van der Waals surface area contributed by atoms with E-state index in [4.69, 9.17) is 4.84 Å². The number of amides is 2. The van der Waals surface area contributed by atoms with Crippen molar-refractivity contribution in [2.24, 2.45) is 29.1 Å². The van der Waals surface area contributed by atoms with Crippen LogP contribution in [0.4, 0.5) is 0 Å². The molecule has 3 saturated carbocycles. The molecular formula is C43H58N4O5. The van der Waals surface area contributed by atoms with Crippen LogP contribution in [0, 0.1) is 29.1 Å². The number of nitrogens with one attached hydrogen (secondary N) is 1. The number of carbonyl (C=O) groups excluding carboxylic acids is 2. The van der Waals surface area contributed by atoms with Crippen LogP contribution in [-0.4, -0.2) is 102 Å². The molecule has 3 aliphatic carbocycles. The number of hydrogen-bond acceptors (Lipinski definition) is 7. The topological polar surface area (TPSA) is 106 Å². The number of hydrogen-bond donors (Lipinski definition) is 3. The van der Waals surface area contributed by atoms with Gasteiger partial charge in [0.2, 0.25) is 5.91 Å². The summed E-state index contributed by atoms with van der Waals surface area (Å²) in [6.45, 7) is 9.37. The van der Waals surface area contributed by atoms with Gasteiger partial charge in [0.15, 0.2) is 0 Å². The SMILES string of the molecule is C[C@@H]1[C@@H](NC(=O)[C@@H]2[C@H]([C@H](C)O)[C@H](CO)ON2Cc2cccc(-c3ccc(C(=O)N(C)[C@@H](Cc4ccccc4)CN(C)C)cc3)c2)C[C@H]2C[C@H]1C2(C)C. The maximum Gasteiger partial charge on any atom is 0.253 e. The molecule has 1 saturated heterocycles. The first-order chi connectivity index (χ1) is 24.8. The smallest absolute Gasteiger partial charge is 0.253 e. The first-order valence-electron chi connectivity index (χ1n) is 19.0. The van der Waals surface area contributed by atoms with Gasteiger partial charge in [-0.2, -0.15) is 5.06 Å². The third kappa shape index (κ3) is 7.85. The van der Waals surface area contributed by atoms with Gasteiger partial charge in [0.1, 0.15) is 12.1 Å². The molecule has 9 heteroatoms. The van der Waals surface area contributed by atoms with Crippen molar-refractivity contribution in [3.63, 3.8) is 0 Å². The predicted molar refractivity (Wildman–Crippen MR) is 204 cm³/mol. The van der Waals surface area contributed by atoms with Gasteiger partial charge in [0, 0.05) is 37.2 Å². The van der Waals surface area contributed by atoms with Gasteiger partial charge in [-0.15, -0.1) is 0 Å². The van der Waals surface area contributed by atoms with Crippen LogP contribution in [0.25, 0.3) is 11.1 Å². The Labute approximate surface area is 309 Å². The van der Waals surface area contributed by atoms with E-state index in [9.17, 15) is 19.8 Å². The van der Waals surface area contributed by atoms with E-state index >= 15 is 0 Å². The van der Waals surface area contributed by atoms with Gasteiger partial charge in [-0.05, 0) is 104 Å².